The molecule has 2 aliphatic rings. The van der Waals surface area contributed by atoms with Gasteiger partial charge in [0.25, 0.3) is 0 Å². The molecule has 0 amide bonds. The second kappa shape index (κ2) is 8.29. The minimum absolute atomic E-state index is 0.0230. The SMILES string of the molecule is CC(C)c1nc2c(c(-c3ccc(F)cc3)c1[C@H](F)c1ccc(C(F)(F)F)cc1)[C@@H](O)CC1(CC1)O2. The van der Waals surface area contributed by atoms with E-state index in [-0.39, 0.29) is 22.9 Å². The zero-order valence-corrected chi connectivity index (χ0v) is 19.2. The Kier molecular flexibility index (Phi) is 5.62. The largest absolute Gasteiger partial charge is 0.471 e. The van der Waals surface area contributed by atoms with E-state index in [4.69, 9.17) is 4.74 Å². The Balaban J connectivity index is 1.74. The van der Waals surface area contributed by atoms with E-state index in [1.54, 1.807) is 0 Å². The van der Waals surface area contributed by atoms with Crippen LogP contribution in [0.15, 0.2) is 48.5 Å². The Hall–Kier alpha value is -3.00. The van der Waals surface area contributed by atoms with Crippen molar-refractivity contribution in [2.45, 2.75) is 63.1 Å². The van der Waals surface area contributed by atoms with E-state index < -0.39 is 35.4 Å². The van der Waals surface area contributed by atoms with Crippen LogP contribution in [-0.2, 0) is 6.18 Å². The van der Waals surface area contributed by atoms with Gasteiger partial charge in [0.05, 0.1) is 22.9 Å². The predicted octanol–water partition coefficient (Wildman–Crippen LogP) is 7.44. The molecule has 1 saturated carbocycles. The molecule has 3 aromatic rings. The first kappa shape index (κ1) is 23.7. The quantitative estimate of drug-likeness (QED) is 0.388. The van der Waals surface area contributed by atoms with E-state index in [1.807, 2.05) is 13.8 Å². The minimum Gasteiger partial charge on any atom is -0.471 e. The number of aliphatic hydroxyl groups excluding tert-OH is 1. The summed E-state index contributed by atoms with van der Waals surface area (Å²) in [5.74, 6) is -0.511. The maximum absolute atomic E-state index is 16.3. The van der Waals surface area contributed by atoms with Crippen LogP contribution >= 0.6 is 0 Å². The highest BCUT2D eigenvalue weighted by Crippen LogP contribution is 2.55. The standard InChI is InChI=1S/C27H24F5NO2/c1-14(2)24-22(23(29)16-3-7-17(8-4-16)27(30,31)32)20(15-5-9-18(28)10-6-15)21-19(34)13-26(11-12-26)35-25(21)33-24/h3-10,14,19,23,34H,11-13H2,1-2H3/t19-,23+/m0/s1. The molecule has 1 aliphatic heterocycles. The first-order valence-corrected chi connectivity index (χ1v) is 11.5. The van der Waals surface area contributed by atoms with Crippen LogP contribution in [0.3, 0.4) is 0 Å². The van der Waals surface area contributed by atoms with Crippen LogP contribution in [0.2, 0.25) is 0 Å². The monoisotopic (exact) mass is 489 g/mol. The lowest BCUT2D eigenvalue weighted by Crippen LogP contribution is -2.29. The minimum atomic E-state index is -4.54. The van der Waals surface area contributed by atoms with Gasteiger partial charge in [-0.15, -0.1) is 0 Å². The molecule has 0 radical (unpaired) electrons. The van der Waals surface area contributed by atoms with Gasteiger partial charge in [0, 0.05) is 17.5 Å². The van der Waals surface area contributed by atoms with Crippen molar-refractivity contribution in [3.05, 3.63) is 82.3 Å². The number of ether oxygens (including phenoxy) is 1. The second-order valence-electron chi connectivity index (χ2n) is 9.65. The van der Waals surface area contributed by atoms with Crippen LogP contribution in [0.4, 0.5) is 22.0 Å². The van der Waals surface area contributed by atoms with Crippen molar-refractivity contribution in [1.82, 2.24) is 4.98 Å². The van der Waals surface area contributed by atoms with Gasteiger partial charge in [-0.1, -0.05) is 38.1 Å². The lowest BCUT2D eigenvalue weighted by molar-refractivity contribution is -0.137. The molecular formula is C27H24F5NO2. The molecule has 2 atom stereocenters. The number of alkyl halides is 4. The molecule has 0 saturated heterocycles. The van der Waals surface area contributed by atoms with E-state index in [0.717, 1.165) is 37.1 Å². The van der Waals surface area contributed by atoms with Crippen LogP contribution in [0.5, 0.6) is 5.88 Å². The summed E-state index contributed by atoms with van der Waals surface area (Å²) in [6.07, 6.45) is -5.46. The third kappa shape index (κ3) is 4.29. The molecule has 3 nitrogen and oxygen atoms in total. The van der Waals surface area contributed by atoms with Gasteiger partial charge in [0.1, 0.15) is 11.4 Å². The normalized spacial score (nSPS) is 19.4. The number of aliphatic hydroxyl groups is 1. The van der Waals surface area contributed by atoms with Crippen molar-refractivity contribution in [2.75, 3.05) is 0 Å². The van der Waals surface area contributed by atoms with Crippen LogP contribution in [0.25, 0.3) is 11.1 Å². The molecule has 1 aliphatic carbocycles. The first-order valence-electron chi connectivity index (χ1n) is 11.5. The van der Waals surface area contributed by atoms with E-state index in [2.05, 4.69) is 4.98 Å². The molecule has 8 heteroatoms. The number of fused-ring (bicyclic) bond motifs is 1. The Labute approximate surface area is 199 Å². The van der Waals surface area contributed by atoms with Gasteiger partial charge in [-0.05, 0) is 54.2 Å². The van der Waals surface area contributed by atoms with Gasteiger partial charge in [-0.2, -0.15) is 13.2 Å². The first-order chi connectivity index (χ1) is 16.5. The number of rotatable bonds is 4. The zero-order chi connectivity index (χ0) is 25.1. The van der Waals surface area contributed by atoms with Crippen molar-refractivity contribution in [1.29, 1.82) is 0 Å². The summed E-state index contributed by atoms with van der Waals surface area (Å²) in [6.45, 7) is 3.66. The molecule has 0 bridgehead atoms. The van der Waals surface area contributed by atoms with Crippen LogP contribution in [0.1, 0.15) is 79.3 Å². The van der Waals surface area contributed by atoms with Crippen LogP contribution < -0.4 is 4.74 Å². The Morgan fingerprint density at radius 3 is 2.20 bits per heavy atom. The molecule has 1 aromatic heterocycles. The van der Waals surface area contributed by atoms with Crippen molar-refractivity contribution >= 4 is 0 Å². The van der Waals surface area contributed by atoms with Crippen molar-refractivity contribution in [3.63, 3.8) is 0 Å². The molecular weight excluding hydrogens is 465 g/mol. The molecule has 1 spiro atoms. The Morgan fingerprint density at radius 2 is 1.66 bits per heavy atom. The molecule has 1 N–H and O–H groups in total. The van der Waals surface area contributed by atoms with E-state index in [1.165, 1.54) is 24.3 Å². The van der Waals surface area contributed by atoms with Gasteiger partial charge in [0.2, 0.25) is 5.88 Å². The zero-order valence-electron chi connectivity index (χ0n) is 19.2. The number of halogens is 5. The number of benzene rings is 2. The Bertz CT molecular complexity index is 1250. The summed E-state index contributed by atoms with van der Waals surface area (Å²) < 4.78 is 75.4. The lowest BCUT2D eigenvalue weighted by atomic mass is 9.83. The summed E-state index contributed by atoms with van der Waals surface area (Å²) in [6, 6.07) is 9.37. The van der Waals surface area contributed by atoms with Gasteiger partial charge in [-0.25, -0.2) is 13.8 Å². The summed E-state index contributed by atoms with van der Waals surface area (Å²) in [5, 5.41) is 11.1. The second-order valence-corrected chi connectivity index (χ2v) is 9.65. The predicted molar refractivity (Wildman–Crippen MR) is 120 cm³/mol. The molecule has 2 heterocycles. The van der Waals surface area contributed by atoms with Gasteiger partial charge in [0.15, 0.2) is 6.17 Å². The third-order valence-corrected chi connectivity index (χ3v) is 6.75. The maximum Gasteiger partial charge on any atom is 0.416 e. The van der Waals surface area contributed by atoms with Crippen molar-refractivity contribution in [2.24, 2.45) is 0 Å². The molecule has 5 rings (SSSR count). The number of nitrogens with zero attached hydrogens (tertiary/aromatic N) is 1. The molecule has 0 unspecified atom stereocenters. The number of pyridine rings is 1. The number of hydrogen-bond donors (Lipinski definition) is 1. The van der Waals surface area contributed by atoms with Gasteiger partial charge < -0.3 is 9.84 Å². The summed E-state index contributed by atoms with van der Waals surface area (Å²) in [5.41, 5.74) is 0.314. The maximum atomic E-state index is 16.3. The molecule has 2 aromatic carbocycles. The summed E-state index contributed by atoms with van der Waals surface area (Å²) in [7, 11) is 0. The fourth-order valence-corrected chi connectivity index (χ4v) is 4.78. The number of hydrogen-bond acceptors (Lipinski definition) is 3. The van der Waals surface area contributed by atoms with E-state index in [9.17, 15) is 22.7 Å². The average Bonchev–Trinajstić information content (AvgIpc) is 3.55. The third-order valence-electron chi connectivity index (χ3n) is 6.75. The van der Waals surface area contributed by atoms with Gasteiger partial charge >= 0.3 is 6.18 Å². The smallest absolute Gasteiger partial charge is 0.416 e. The van der Waals surface area contributed by atoms with E-state index in [0.29, 0.717) is 28.8 Å². The fourth-order valence-electron chi connectivity index (χ4n) is 4.78. The van der Waals surface area contributed by atoms with Crippen LogP contribution in [-0.4, -0.2) is 15.7 Å². The fraction of sp³-hybridized carbons (Fsp3) is 0.370. The van der Waals surface area contributed by atoms with Crippen molar-refractivity contribution < 1.29 is 31.8 Å². The molecule has 184 valence electrons. The van der Waals surface area contributed by atoms with Crippen LogP contribution in [0, 0.1) is 5.82 Å². The average molecular weight is 489 g/mol. The highest BCUT2D eigenvalue weighted by molar-refractivity contribution is 5.76. The van der Waals surface area contributed by atoms with Gasteiger partial charge in [-0.3, -0.25) is 0 Å². The lowest BCUT2D eigenvalue weighted by Gasteiger charge is -2.33. The topological polar surface area (TPSA) is 42.4 Å². The summed E-state index contributed by atoms with van der Waals surface area (Å²) >= 11 is 0. The number of aromatic nitrogens is 1. The summed E-state index contributed by atoms with van der Waals surface area (Å²) in [4.78, 5) is 4.63. The molecule has 35 heavy (non-hydrogen) atoms. The van der Waals surface area contributed by atoms with Crippen molar-refractivity contribution in [3.8, 4) is 17.0 Å². The van der Waals surface area contributed by atoms with E-state index >= 15 is 4.39 Å². The highest BCUT2D eigenvalue weighted by Gasteiger charge is 2.52. The molecule has 1 fully saturated rings. The highest BCUT2D eigenvalue weighted by atomic mass is 19.4. The Morgan fingerprint density at radius 1 is 1.03 bits per heavy atom.